The molecule has 0 aliphatic rings. The molecule has 0 saturated carbocycles. The van der Waals surface area contributed by atoms with Gasteiger partial charge in [-0.3, -0.25) is 0 Å². The number of nitrogens with two attached hydrogens (primary N) is 1. The largest absolute Gasteiger partial charge is 0.444 e. The van der Waals surface area contributed by atoms with Crippen molar-refractivity contribution in [2.45, 2.75) is 44.9 Å². The Morgan fingerprint density at radius 1 is 1.50 bits per heavy atom. The van der Waals surface area contributed by atoms with Crippen LogP contribution < -0.4 is 11.1 Å². The number of alkyl halides is 2. The minimum atomic E-state index is -2.91. The van der Waals surface area contributed by atoms with E-state index in [2.05, 4.69) is 0 Å². The lowest BCUT2D eigenvalue weighted by atomic mass is 10.1. The van der Waals surface area contributed by atoms with Crippen molar-refractivity contribution in [3.63, 3.8) is 0 Å². The highest BCUT2D eigenvalue weighted by molar-refractivity contribution is 5.68. The van der Waals surface area contributed by atoms with Crippen LogP contribution in [0.15, 0.2) is 0 Å². The first-order valence-corrected chi connectivity index (χ1v) is 4.83. The number of alkyl carbamates (subject to hydrolysis) is 1. The molecule has 16 heavy (non-hydrogen) atoms. The Morgan fingerprint density at radius 3 is 2.31 bits per heavy atom. The van der Waals surface area contributed by atoms with Gasteiger partial charge in [-0.2, -0.15) is 0 Å². The van der Waals surface area contributed by atoms with Gasteiger partial charge in [-0.25, -0.2) is 13.6 Å². The maximum Gasteiger partial charge on any atom is 0.408 e. The summed E-state index contributed by atoms with van der Waals surface area (Å²) >= 11 is 0. The predicted octanol–water partition coefficient (Wildman–Crippen LogP) is 0.464. The third-order valence-corrected chi connectivity index (χ3v) is 1.61. The van der Waals surface area contributed by atoms with Crippen molar-refractivity contribution in [2.24, 2.45) is 5.73 Å². The van der Waals surface area contributed by atoms with E-state index in [1.165, 1.54) is 0 Å². The predicted molar refractivity (Wildman–Crippen MR) is 54.2 cm³/mol. The summed E-state index contributed by atoms with van der Waals surface area (Å²) in [6.07, 6.45) is -5.43. The van der Waals surface area contributed by atoms with Crippen molar-refractivity contribution in [3.05, 3.63) is 0 Å². The Kier molecular flexibility index (Phi) is 5.60. The van der Waals surface area contributed by atoms with E-state index >= 15 is 0 Å². The molecule has 0 bridgehead atoms. The van der Waals surface area contributed by atoms with E-state index in [0.29, 0.717) is 0 Å². The van der Waals surface area contributed by atoms with Gasteiger partial charge < -0.3 is 20.9 Å². The van der Waals surface area contributed by atoms with Crippen molar-refractivity contribution in [1.82, 2.24) is 5.32 Å². The van der Waals surface area contributed by atoms with E-state index in [9.17, 15) is 13.6 Å². The van der Waals surface area contributed by atoms with Crippen LogP contribution in [0.1, 0.15) is 20.8 Å². The van der Waals surface area contributed by atoms with Crippen LogP contribution >= 0.6 is 0 Å². The summed E-state index contributed by atoms with van der Waals surface area (Å²) in [7, 11) is 0. The molecule has 0 aromatic rings. The summed E-state index contributed by atoms with van der Waals surface area (Å²) < 4.78 is 29.7. The van der Waals surface area contributed by atoms with Gasteiger partial charge in [0.2, 0.25) is 0 Å². The van der Waals surface area contributed by atoms with Crippen LogP contribution in [0.3, 0.4) is 0 Å². The Balaban J connectivity index is 4.36. The van der Waals surface area contributed by atoms with E-state index in [-0.39, 0.29) is 6.54 Å². The second-order valence-electron chi connectivity index (χ2n) is 4.31. The molecule has 0 heterocycles. The third kappa shape index (κ3) is 5.82. The van der Waals surface area contributed by atoms with Gasteiger partial charge in [0.15, 0.2) is 0 Å². The van der Waals surface area contributed by atoms with E-state index in [4.69, 9.17) is 15.6 Å². The van der Waals surface area contributed by atoms with E-state index in [0.717, 1.165) is 0 Å². The lowest BCUT2D eigenvalue weighted by molar-refractivity contribution is 0.00526. The molecule has 4 N–H and O–H groups in total. The van der Waals surface area contributed by atoms with Crippen molar-refractivity contribution >= 4 is 6.09 Å². The Bertz CT molecular complexity index is 231. The topological polar surface area (TPSA) is 84.6 Å². The summed E-state index contributed by atoms with van der Waals surface area (Å²) in [6, 6.07) is -1.72. The molecule has 2 atom stereocenters. The number of carbonyl (C=O) groups excluding carboxylic acids is 1. The Hall–Kier alpha value is -0.950. The Labute approximate surface area is 92.9 Å². The van der Waals surface area contributed by atoms with Gasteiger partial charge in [0.1, 0.15) is 11.6 Å². The quantitative estimate of drug-likeness (QED) is 0.666. The number of aliphatic hydroxyl groups excluding tert-OH is 1. The molecular weight excluding hydrogens is 222 g/mol. The summed E-state index contributed by atoms with van der Waals surface area (Å²) in [5.74, 6) is 0. The average Bonchev–Trinajstić information content (AvgIpc) is 2.09. The van der Waals surface area contributed by atoms with Crippen LogP contribution in [0.4, 0.5) is 13.6 Å². The van der Waals surface area contributed by atoms with Gasteiger partial charge in [0.25, 0.3) is 6.43 Å². The number of amides is 1. The van der Waals surface area contributed by atoms with Gasteiger partial charge >= 0.3 is 6.09 Å². The van der Waals surface area contributed by atoms with Gasteiger partial charge in [-0.05, 0) is 20.8 Å². The molecule has 1 amide bonds. The first kappa shape index (κ1) is 15.0. The van der Waals surface area contributed by atoms with Crippen molar-refractivity contribution in [2.75, 3.05) is 6.54 Å². The minimum absolute atomic E-state index is 0.370. The fourth-order valence-corrected chi connectivity index (χ4v) is 0.917. The molecule has 0 rings (SSSR count). The van der Waals surface area contributed by atoms with Crippen LogP contribution in [0, 0.1) is 0 Å². The first-order chi connectivity index (χ1) is 7.17. The molecule has 0 fully saturated rings. The maximum absolute atomic E-state index is 12.4. The van der Waals surface area contributed by atoms with E-state index < -0.39 is 30.3 Å². The molecule has 0 aromatic carbocycles. The fourth-order valence-electron chi connectivity index (χ4n) is 0.917. The first-order valence-electron chi connectivity index (χ1n) is 4.83. The number of aliphatic hydroxyl groups is 1. The number of hydrogen-bond acceptors (Lipinski definition) is 4. The molecule has 96 valence electrons. The molecule has 0 spiro atoms. The highest BCUT2D eigenvalue weighted by Gasteiger charge is 2.30. The zero-order valence-electron chi connectivity index (χ0n) is 9.54. The zero-order valence-corrected chi connectivity index (χ0v) is 9.54. The van der Waals surface area contributed by atoms with Crippen molar-refractivity contribution < 1.29 is 23.4 Å². The SMILES string of the molecule is CC(C)(C)OC(=O)NC(C(F)F)C(O)CN. The highest BCUT2D eigenvalue weighted by atomic mass is 19.3. The molecule has 0 aliphatic heterocycles. The summed E-state index contributed by atoms with van der Waals surface area (Å²) in [5, 5.41) is 11.0. The number of carbonyl (C=O) groups is 1. The second-order valence-corrected chi connectivity index (χ2v) is 4.31. The smallest absolute Gasteiger partial charge is 0.408 e. The molecule has 0 aliphatic carbocycles. The standard InChI is InChI=1S/C9H18F2N2O3/c1-9(2,3)16-8(15)13-6(7(10)11)5(14)4-12/h5-7,14H,4,12H2,1-3H3,(H,13,15). The molecular formula is C9H18F2N2O3. The third-order valence-electron chi connectivity index (χ3n) is 1.61. The van der Waals surface area contributed by atoms with Crippen LogP contribution in [-0.2, 0) is 4.74 Å². The lowest BCUT2D eigenvalue weighted by Gasteiger charge is -2.25. The summed E-state index contributed by atoms with van der Waals surface area (Å²) in [6.45, 7) is 4.43. The molecule has 2 unspecified atom stereocenters. The van der Waals surface area contributed by atoms with Crippen LogP contribution in [0.25, 0.3) is 0 Å². The molecule has 0 aromatic heterocycles. The monoisotopic (exact) mass is 240 g/mol. The van der Waals surface area contributed by atoms with Crippen LogP contribution in [0.5, 0.6) is 0 Å². The van der Waals surface area contributed by atoms with Crippen LogP contribution in [0.2, 0.25) is 0 Å². The lowest BCUT2D eigenvalue weighted by Crippen LogP contribution is -2.51. The second kappa shape index (κ2) is 5.95. The Morgan fingerprint density at radius 2 is 2.00 bits per heavy atom. The van der Waals surface area contributed by atoms with E-state index in [1.807, 2.05) is 5.32 Å². The fraction of sp³-hybridized carbons (Fsp3) is 0.889. The number of nitrogens with one attached hydrogen (secondary N) is 1. The normalized spacial score (nSPS) is 15.8. The summed E-state index contributed by atoms with van der Waals surface area (Å²) in [5.41, 5.74) is 4.25. The van der Waals surface area contributed by atoms with Gasteiger partial charge in [-0.15, -0.1) is 0 Å². The molecule has 5 nitrogen and oxygen atoms in total. The van der Waals surface area contributed by atoms with Gasteiger partial charge in [0, 0.05) is 6.54 Å². The van der Waals surface area contributed by atoms with Crippen molar-refractivity contribution in [3.8, 4) is 0 Å². The average molecular weight is 240 g/mol. The molecule has 0 radical (unpaired) electrons. The highest BCUT2D eigenvalue weighted by Crippen LogP contribution is 2.10. The minimum Gasteiger partial charge on any atom is -0.444 e. The summed E-state index contributed by atoms with van der Waals surface area (Å²) in [4.78, 5) is 11.2. The zero-order chi connectivity index (χ0) is 12.9. The van der Waals surface area contributed by atoms with Crippen LogP contribution in [-0.4, -0.2) is 41.9 Å². The number of ether oxygens (including phenoxy) is 1. The number of hydrogen-bond donors (Lipinski definition) is 3. The molecule has 0 saturated heterocycles. The van der Waals surface area contributed by atoms with E-state index in [1.54, 1.807) is 20.8 Å². The van der Waals surface area contributed by atoms with Gasteiger partial charge in [-0.1, -0.05) is 0 Å². The maximum atomic E-state index is 12.4. The molecule has 7 heteroatoms. The van der Waals surface area contributed by atoms with Gasteiger partial charge in [0.05, 0.1) is 6.10 Å². The number of rotatable bonds is 4. The number of halogens is 2. The van der Waals surface area contributed by atoms with Crippen molar-refractivity contribution in [1.29, 1.82) is 0 Å².